The van der Waals surface area contributed by atoms with Gasteiger partial charge < -0.3 is 5.32 Å². The number of hydrogen-bond donors (Lipinski definition) is 1. The molecule has 1 aliphatic rings. The quantitative estimate of drug-likeness (QED) is 0.650. The van der Waals surface area contributed by atoms with Crippen LogP contribution in [0, 0.1) is 0 Å². The van der Waals surface area contributed by atoms with E-state index in [0.717, 1.165) is 9.37 Å². The van der Waals surface area contributed by atoms with Gasteiger partial charge in [-0.1, -0.05) is 22.0 Å². The van der Waals surface area contributed by atoms with Crippen LogP contribution in [0.2, 0.25) is 0 Å². The van der Waals surface area contributed by atoms with E-state index >= 15 is 0 Å². The number of benzene rings is 2. The minimum absolute atomic E-state index is 0.138. The molecule has 7 heteroatoms. The summed E-state index contributed by atoms with van der Waals surface area (Å²) in [5.41, 5.74) is 1.87. The number of amides is 3. The van der Waals surface area contributed by atoms with E-state index in [9.17, 15) is 14.4 Å². The summed E-state index contributed by atoms with van der Waals surface area (Å²) in [4.78, 5) is 42.4. The van der Waals surface area contributed by atoms with Gasteiger partial charge in [0.1, 0.15) is 5.69 Å². The molecule has 0 spiro atoms. The summed E-state index contributed by atoms with van der Waals surface area (Å²) < 4.78 is 0.856. The van der Waals surface area contributed by atoms with Gasteiger partial charge in [-0.3, -0.25) is 19.4 Å². The number of pyridine rings is 1. The number of carbonyl (C=O) groups is 3. The van der Waals surface area contributed by atoms with Crippen LogP contribution in [-0.4, -0.2) is 22.7 Å². The number of imide groups is 1. The Kier molecular flexibility index (Phi) is 4.29. The van der Waals surface area contributed by atoms with Gasteiger partial charge in [0.05, 0.1) is 11.3 Å². The Balaban J connectivity index is 1.55. The van der Waals surface area contributed by atoms with Gasteiger partial charge in [0.15, 0.2) is 0 Å². The van der Waals surface area contributed by atoms with Crippen LogP contribution in [0.25, 0.3) is 0 Å². The predicted molar refractivity (Wildman–Crippen MR) is 104 cm³/mol. The summed E-state index contributed by atoms with van der Waals surface area (Å²) in [7, 11) is 0. The van der Waals surface area contributed by atoms with Crippen molar-refractivity contribution in [2.24, 2.45) is 0 Å². The molecule has 1 aliphatic heterocycles. The normalized spacial score (nSPS) is 12.9. The van der Waals surface area contributed by atoms with Crippen LogP contribution in [0.5, 0.6) is 0 Å². The molecule has 3 amide bonds. The molecule has 6 nitrogen and oxygen atoms in total. The van der Waals surface area contributed by atoms with Gasteiger partial charge >= 0.3 is 0 Å². The van der Waals surface area contributed by atoms with Crippen molar-refractivity contribution >= 4 is 45.0 Å². The van der Waals surface area contributed by atoms with Crippen molar-refractivity contribution in [2.75, 3.05) is 10.2 Å². The molecular formula is C20H12BrN3O3. The first-order chi connectivity index (χ1) is 13.0. The van der Waals surface area contributed by atoms with Gasteiger partial charge in [0.25, 0.3) is 17.7 Å². The van der Waals surface area contributed by atoms with Crippen molar-refractivity contribution in [3.63, 3.8) is 0 Å². The number of hydrogen-bond acceptors (Lipinski definition) is 4. The van der Waals surface area contributed by atoms with E-state index in [2.05, 4.69) is 26.2 Å². The molecule has 0 saturated carbocycles. The predicted octanol–water partition coefficient (Wildman–Crippen LogP) is 3.90. The van der Waals surface area contributed by atoms with Crippen LogP contribution < -0.4 is 10.2 Å². The zero-order valence-corrected chi connectivity index (χ0v) is 15.4. The van der Waals surface area contributed by atoms with E-state index in [1.807, 2.05) is 12.1 Å². The molecule has 132 valence electrons. The van der Waals surface area contributed by atoms with Gasteiger partial charge in [0.2, 0.25) is 0 Å². The number of carbonyl (C=O) groups excluding carboxylic acids is 3. The Bertz CT molecular complexity index is 1040. The molecule has 0 unspecified atom stereocenters. The first-order valence-corrected chi connectivity index (χ1v) is 8.85. The number of nitrogens with one attached hydrogen (secondary N) is 1. The summed E-state index contributed by atoms with van der Waals surface area (Å²) in [6.07, 6.45) is 1.48. The molecule has 0 fully saturated rings. The third kappa shape index (κ3) is 3.13. The highest BCUT2D eigenvalue weighted by atomic mass is 79.9. The van der Waals surface area contributed by atoms with Gasteiger partial charge in [0, 0.05) is 21.9 Å². The maximum atomic E-state index is 12.5. The second-order valence-electron chi connectivity index (χ2n) is 5.86. The lowest BCUT2D eigenvalue weighted by Crippen LogP contribution is -2.29. The van der Waals surface area contributed by atoms with Crippen molar-refractivity contribution in [3.8, 4) is 0 Å². The molecule has 0 bridgehead atoms. The maximum Gasteiger partial charge on any atom is 0.284 e. The summed E-state index contributed by atoms with van der Waals surface area (Å²) in [5, 5.41) is 2.79. The molecule has 4 rings (SSSR count). The fourth-order valence-corrected chi connectivity index (χ4v) is 3.23. The van der Waals surface area contributed by atoms with E-state index in [1.54, 1.807) is 48.5 Å². The lowest BCUT2D eigenvalue weighted by Gasteiger charge is -2.14. The van der Waals surface area contributed by atoms with Crippen molar-refractivity contribution in [1.82, 2.24) is 4.98 Å². The van der Waals surface area contributed by atoms with Crippen molar-refractivity contribution in [1.29, 1.82) is 0 Å². The summed E-state index contributed by atoms with van der Waals surface area (Å²) in [6.45, 7) is 0. The minimum Gasteiger partial charge on any atom is -0.322 e. The Hall–Kier alpha value is -3.32. The fraction of sp³-hybridized carbons (Fsp3) is 0. The zero-order chi connectivity index (χ0) is 19.0. The first-order valence-electron chi connectivity index (χ1n) is 8.05. The van der Waals surface area contributed by atoms with Gasteiger partial charge in [-0.05, 0) is 54.6 Å². The first kappa shape index (κ1) is 17.1. The standard InChI is InChI=1S/C20H12BrN3O3/c21-13-3-1-4-14(11-13)23-18(25)12-6-8-15(9-7-12)24-19(26)16-5-2-10-22-17(16)20(24)27/h1-11H,(H,23,25). The van der Waals surface area contributed by atoms with Crippen molar-refractivity contribution in [2.45, 2.75) is 0 Å². The second-order valence-corrected chi connectivity index (χ2v) is 6.77. The highest BCUT2D eigenvalue weighted by Gasteiger charge is 2.37. The largest absolute Gasteiger partial charge is 0.322 e. The Morgan fingerprint density at radius 2 is 1.74 bits per heavy atom. The van der Waals surface area contributed by atoms with Gasteiger partial charge in [-0.25, -0.2) is 4.90 Å². The van der Waals surface area contributed by atoms with Gasteiger partial charge in [-0.15, -0.1) is 0 Å². The smallest absolute Gasteiger partial charge is 0.284 e. The zero-order valence-electron chi connectivity index (χ0n) is 13.8. The minimum atomic E-state index is -0.470. The number of halogens is 1. The molecule has 3 aromatic rings. The van der Waals surface area contributed by atoms with E-state index < -0.39 is 11.8 Å². The number of anilines is 2. The molecule has 1 aromatic heterocycles. The van der Waals surface area contributed by atoms with Crippen molar-refractivity contribution in [3.05, 3.63) is 88.2 Å². The fourth-order valence-electron chi connectivity index (χ4n) is 2.83. The summed E-state index contributed by atoms with van der Waals surface area (Å²) in [6, 6.07) is 16.7. The molecule has 0 radical (unpaired) electrons. The third-order valence-electron chi connectivity index (χ3n) is 4.12. The lowest BCUT2D eigenvalue weighted by molar-refractivity contribution is 0.0924. The van der Waals surface area contributed by atoms with Crippen LogP contribution in [0.4, 0.5) is 11.4 Å². The van der Waals surface area contributed by atoms with Gasteiger partial charge in [-0.2, -0.15) is 0 Å². The molecule has 2 aromatic carbocycles. The highest BCUT2D eigenvalue weighted by molar-refractivity contribution is 9.10. The highest BCUT2D eigenvalue weighted by Crippen LogP contribution is 2.27. The average molecular weight is 422 g/mol. The molecule has 0 aliphatic carbocycles. The topological polar surface area (TPSA) is 79.4 Å². The number of rotatable bonds is 3. The van der Waals surface area contributed by atoms with E-state index in [-0.39, 0.29) is 17.2 Å². The van der Waals surface area contributed by atoms with E-state index in [4.69, 9.17) is 0 Å². The lowest BCUT2D eigenvalue weighted by atomic mass is 10.1. The summed E-state index contributed by atoms with van der Waals surface area (Å²) >= 11 is 3.35. The van der Waals surface area contributed by atoms with E-state index in [0.29, 0.717) is 16.9 Å². The molecule has 1 N–H and O–H groups in total. The average Bonchev–Trinajstić information content (AvgIpc) is 2.93. The third-order valence-corrected chi connectivity index (χ3v) is 4.61. The van der Waals surface area contributed by atoms with Crippen LogP contribution in [0.15, 0.2) is 71.3 Å². The maximum absolute atomic E-state index is 12.5. The number of fused-ring (bicyclic) bond motifs is 1. The molecular weight excluding hydrogens is 410 g/mol. The molecule has 0 saturated heterocycles. The van der Waals surface area contributed by atoms with E-state index in [1.165, 1.54) is 6.20 Å². The Labute approximate surface area is 163 Å². The molecule has 0 atom stereocenters. The monoisotopic (exact) mass is 421 g/mol. The SMILES string of the molecule is O=C(Nc1cccc(Br)c1)c1ccc(N2C(=O)c3cccnc3C2=O)cc1. The number of nitrogens with zero attached hydrogens (tertiary/aromatic N) is 2. The molecule has 2 heterocycles. The van der Waals surface area contributed by atoms with Crippen LogP contribution in [0.3, 0.4) is 0 Å². The van der Waals surface area contributed by atoms with Crippen LogP contribution >= 0.6 is 15.9 Å². The summed E-state index contributed by atoms with van der Waals surface area (Å²) in [5.74, 6) is -1.18. The van der Waals surface area contributed by atoms with Crippen LogP contribution in [0.1, 0.15) is 31.2 Å². The molecule has 27 heavy (non-hydrogen) atoms. The number of aromatic nitrogens is 1. The Morgan fingerprint density at radius 3 is 2.44 bits per heavy atom. The van der Waals surface area contributed by atoms with Crippen molar-refractivity contribution < 1.29 is 14.4 Å². The van der Waals surface area contributed by atoms with Crippen LogP contribution in [-0.2, 0) is 0 Å². The second kappa shape index (κ2) is 6.77. The Morgan fingerprint density at radius 1 is 0.963 bits per heavy atom.